The highest BCUT2D eigenvalue weighted by molar-refractivity contribution is 5.82. The Kier molecular flexibility index (Phi) is 8.12. The number of rotatable bonds is 9. The first-order valence-electron chi connectivity index (χ1n) is 11.4. The molecule has 176 valence electrons. The number of likely N-dealkylation sites (tertiary alicyclic amines) is 1. The van der Waals surface area contributed by atoms with Gasteiger partial charge in [-0.2, -0.15) is 0 Å². The van der Waals surface area contributed by atoms with Gasteiger partial charge in [0.1, 0.15) is 11.6 Å². The maximum atomic E-state index is 14.0. The molecular weight excluding hydrogens is 434 g/mol. The lowest BCUT2D eigenvalue weighted by Crippen LogP contribution is -2.43. The Morgan fingerprint density at radius 3 is 2.74 bits per heavy atom. The summed E-state index contributed by atoms with van der Waals surface area (Å²) in [5.74, 6) is -0.969. The maximum Gasteiger partial charge on any atom is 0.237 e. The fourth-order valence-electron chi connectivity index (χ4n) is 4.16. The summed E-state index contributed by atoms with van der Waals surface area (Å²) in [6.45, 7) is 1.84. The molecule has 1 fully saturated rings. The van der Waals surface area contributed by atoms with Crippen molar-refractivity contribution in [2.75, 3.05) is 13.1 Å². The number of aromatic nitrogens is 1. The highest BCUT2D eigenvalue weighted by Crippen LogP contribution is 2.20. The van der Waals surface area contributed by atoms with E-state index < -0.39 is 11.6 Å². The zero-order valence-corrected chi connectivity index (χ0v) is 18.8. The number of pyridine rings is 1. The van der Waals surface area contributed by atoms with Crippen molar-refractivity contribution in [2.45, 2.75) is 31.6 Å². The summed E-state index contributed by atoms with van der Waals surface area (Å²) in [5, 5.41) is 6.31. The molecule has 1 aromatic heterocycles. The van der Waals surface area contributed by atoms with Crippen molar-refractivity contribution in [3.8, 4) is 0 Å². The average molecular weight is 463 g/mol. The van der Waals surface area contributed by atoms with Crippen LogP contribution in [0.4, 0.5) is 8.78 Å². The summed E-state index contributed by atoms with van der Waals surface area (Å²) in [5.41, 5.74) is 2.30. The van der Waals surface area contributed by atoms with Crippen LogP contribution < -0.4 is 10.6 Å². The van der Waals surface area contributed by atoms with Gasteiger partial charge in [-0.25, -0.2) is 8.78 Å². The zero-order chi connectivity index (χ0) is 23.8. The van der Waals surface area contributed by atoms with Crippen molar-refractivity contribution in [3.63, 3.8) is 0 Å². The van der Waals surface area contributed by atoms with E-state index in [1.54, 1.807) is 12.4 Å². The van der Waals surface area contributed by atoms with Gasteiger partial charge >= 0.3 is 0 Å². The number of amides is 1. The Labute approximate surface area is 198 Å². The minimum absolute atomic E-state index is 0.0260. The Morgan fingerprint density at radius 1 is 1.09 bits per heavy atom. The first kappa shape index (κ1) is 23.7. The number of hydrogen-bond donors (Lipinski definition) is 2. The number of nitrogens with one attached hydrogen (secondary N) is 2. The summed E-state index contributed by atoms with van der Waals surface area (Å²) in [6.07, 6.45) is 8.09. The molecule has 34 heavy (non-hydrogen) atoms. The van der Waals surface area contributed by atoms with Crippen LogP contribution >= 0.6 is 0 Å². The molecule has 0 bridgehead atoms. The van der Waals surface area contributed by atoms with Gasteiger partial charge < -0.3 is 10.6 Å². The van der Waals surface area contributed by atoms with Crippen molar-refractivity contribution in [2.24, 2.45) is 0 Å². The van der Waals surface area contributed by atoms with Gasteiger partial charge in [0, 0.05) is 50.2 Å². The standard InChI is InChI=1S/C27H28F2N4O/c28-23-10-11-25(29)22(14-23)18-31-24-15-26(27(34)32-17-21-8-4-12-30-16-21)33(19-24)13-5-9-20-6-2-1-3-7-20/h1-12,14,16,24,26,31H,13,15,17-19H2,(H,32,34)/t24-,26-/m0/s1. The van der Waals surface area contributed by atoms with Crippen LogP contribution in [-0.2, 0) is 17.9 Å². The first-order valence-corrected chi connectivity index (χ1v) is 11.4. The molecule has 0 radical (unpaired) electrons. The van der Waals surface area contributed by atoms with Gasteiger partial charge in [-0.3, -0.25) is 14.7 Å². The zero-order valence-electron chi connectivity index (χ0n) is 18.8. The lowest BCUT2D eigenvalue weighted by atomic mass is 10.1. The maximum absolute atomic E-state index is 14.0. The summed E-state index contributed by atoms with van der Waals surface area (Å²) < 4.78 is 27.5. The van der Waals surface area contributed by atoms with Crippen LogP contribution in [0, 0.1) is 11.6 Å². The minimum atomic E-state index is -0.468. The lowest BCUT2D eigenvalue weighted by molar-refractivity contribution is -0.125. The Balaban J connectivity index is 1.40. The van der Waals surface area contributed by atoms with Crippen LogP contribution in [-0.4, -0.2) is 41.0 Å². The molecule has 7 heteroatoms. The molecule has 1 aliphatic rings. The van der Waals surface area contributed by atoms with Crippen molar-refractivity contribution < 1.29 is 13.6 Å². The number of benzene rings is 2. The lowest BCUT2D eigenvalue weighted by Gasteiger charge is -2.22. The van der Waals surface area contributed by atoms with E-state index in [9.17, 15) is 13.6 Å². The van der Waals surface area contributed by atoms with E-state index in [-0.39, 0.29) is 30.1 Å². The number of nitrogens with zero attached hydrogens (tertiary/aromatic N) is 2. The SMILES string of the molecule is O=C(NCc1cccnc1)[C@@H]1C[C@H](NCc2cc(F)ccc2F)CN1CC=Cc1ccccc1. The fraction of sp³-hybridized carbons (Fsp3) is 0.259. The number of hydrogen-bond acceptors (Lipinski definition) is 4. The number of carbonyl (C=O) groups is 1. The van der Waals surface area contributed by atoms with Gasteiger partial charge in [0.2, 0.25) is 5.91 Å². The monoisotopic (exact) mass is 462 g/mol. The van der Waals surface area contributed by atoms with Crippen molar-refractivity contribution in [3.05, 3.63) is 107 Å². The predicted octanol–water partition coefficient (Wildman–Crippen LogP) is 3.92. The molecule has 2 atom stereocenters. The predicted molar refractivity (Wildman–Crippen MR) is 129 cm³/mol. The summed E-state index contributed by atoms with van der Waals surface area (Å²) in [4.78, 5) is 19.2. The Morgan fingerprint density at radius 2 is 1.94 bits per heavy atom. The van der Waals surface area contributed by atoms with Gasteiger partial charge in [0.05, 0.1) is 6.04 Å². The quantitative estimate of drug-likeness (QED) is 0.506. The van der Waals surface area contributed by atoms with E-state index in [4.69, 9.17) is 0 Å². The van der Waals surface area contributed by atoms with Gasteiger partial charge in [-0.05, 0) is 41.8 Å². The molecule has 0 aliphatic carbocycles. The summed E-state index contributed by atoms with van der Waals surface area (Å²) in [6, 6.07) is 16.8. The van der Waals surface area contributed by atoms with E-state index in [0.29, 0.717) is 26.1 Å². The molecule has 0 unspecified atom stereocenters. The second-order valence-electron chi connectivity index (χ2n) is 8.41. The van der Waals surface area contributed by atoms with Crippen LogP contribution in [0.2, 0.25) is 0 Å². The number of carbonyl (C=O) groups excluding carboxylic acids is 1. The molecule has 1 saturated heterocycles. The van der Waals surface area contributed by atoms with Crippen LogP contribution in [0.3, 0.4) is 0 Å². The highest BCUT2D eigenvalue weighted by atomic mass is 19.1. The molecule has 4 rings (SSSR count). The van der Waals surface area contributed by atoms with Crippen molar-refractivity contribution in [1.29, 1.82) is 0 Å². The Bertz CT molecular complexity index is 1110. The second-order valence-corrected chi connectivity index (χ2v) is 8.41. The molecule has 1 amide bonds. The molecule has 0 saturated carbocycles. The molecule has 2 N–H and O–H groups in total. The van der Waals surface area contributed by atoms with Crippen molar-refractivity contribution >= 4 is 12.0 Å². The van der Waals surface area contributed by atoms with Gasteiger partial charge in [-0.15, -0.1) is 0 Å². The first-order chi connectivity index (χ1) is 16.6. The third-order valence-electron chi connectivity index (χ3n) is 5.93. The van der Waals surface area contributed by atoms with Crippen LogP contribution in [0.25, 0.3) is 6.08 Å². The molecular formula is C27H28F2N4O. The van der Waals surface area contributed by atoms with Crippen LogP contribution in [0.5, 0.6) is 0 Å². The highest BCUT2D eigenvalue weighted by Gasteiger charge is 2.35. The van der Waals surface area contributed by atoms with E-state index in [0.717, 1.165) is 23.3 Å². The topological polar surface area (TPSA) is 57.3 Å². The molecule has 5 nitrogen and oxygen atoms in total. The molecule has 3 aromatic rings. The second kappa shape index (κ2) is 11.6. The fourth-order valence-corrected chi connectivity index (χ4v) is 4.16. The third-order valence-corrected chi connectivity index (χ3v) is 5.93. The van der Waals surface area contributed by atoms with E-state index in [1.165, 1.54) is 6.07 Å². The third kappa shape index (κ3) is 6.56. The van der Waals surface area contributed by atoms with Crippen molar-refractivity contribution in [1.82, 2.24) is 20.5 Å². The molecule has 2 aromatic carbocycles. The normalized spacial score (nSPS) is 18.4. The smallest absolute Gasteiger partial charge is 0.237 e. The van der Waals surface area contributed by atoms with Gasteiger partial charge in [0.25, 0.3) is 0 Å². The average Bonchev–Trinajstić information content (AvgIpc) is 3.27. The van der Waals surface area contributed by atoms with E-state index in [1.807, 2.05) is 54.6 Å². The minimum Gasteiger partial charge on any atom is -0.351 e. The molecule has 1 aliphatic heterocycles. The summed E-state index contributed by atoms with van der Waals surface area (Å²) >= 11 is 0. The number of halogens is 2. The molecule has 2 heterocycles. The molecule has 0 spiro atoms. The van der Waals surface area contributed by atoms with Gasteiger partial charge in [-0.1, -0.05) is 48.6 Å². The van der Waals surface area contributed by atoms with E-state index in [2.05, 4.69) is 20.5 Å². The van der Waals surface area contributed by atoms with Crippen LogP contribution in [0.15, 0.2) is 79.1 Å². The largest absolute Gasteiger partial charge is 0.351 e. The van der Waals surface area contributed by atoms with E-state index >= 15 is 0 Å². The Hall–Kier alpha value is -3.42. The van der Waals surface area contributed by atoms with Gasteiger partial charge in [0.15, 0.2) is 0 Å². The van der Waals surface area contributed by atoms with Crippen LogP contribution in [0.1, 0.15) is 23.1 Å². The summed E-state index contributed by atoms with van der Waals surface area (Å²) in [7, 11) is 0.